The summed E-state index contributed by atoms with van der Waals surface area (Å²) in [6, 6.07) is 11.5. The maximum Gasteiger partial charge on any atom is 0.180 e. The van der Waals surface area contributed by atoms with Crippen molar-refractivity contribution in [2.45, 2.75) is 32.2 Å². The van der Waals surface area contributed by atoms with Gasteiger partial charge in [-0.1, -0.05) is 23.7 Å². The summed E-state index contributed by atoms with van der Waals surface area (Å²) in [5.74, 6) is 0.768. The van der Waals surface area contributed by atoms with E-state index in [0.717, 1.165) is 47.8 Å². The van der Waals surface area contributed by atoms with E-state index in [4.69, 9.17) is 21.1 Å². The van der Waals surface area contributed by atoms with Gasteiger partial charge in [-0.2, -0.15) is 0 Å². The highest BCUT2D eigenvalue weighted by molar-refractivity contribution is 6.30. The van der Waals surface area contributed by atoms with Crippen LogP contribution in [0.4, 0.5) is 5.69 Å². The molecule has 128 valence electrons. The molecule has 1 aliphatic rings. The molecule has 1 atom stereocenters. The number of halogens is 1. The molecule has 5 heteroatoms. The molecule has 3 rings (SSSR count). The zero-order valence-corrected chi connectivity index (χ0v) is 14.5. The number of hydrogen-bond acceptors (Lipinski definition) is 4. The van der Waals surface area contributed by atoms with Crippen LogP contribution in [0.5, 0.6) is 5.75 Å². The van der Waals surface area contributed by atoms with E-state index in [1.807, 2.05) is 36.4 Å². The van der Waals surface area contributed by atoms with E-state index < -0.39 is 6.29 Å². The van der Waals surface area contributed by atoms with Gasteiger partial charge in [0.2, 0.25) is 0 Å². The van der Waals surface area contributed by atoms with Gasteiger partial charge in [0.05, 0.1) is 5.69 Å². The van der Waals surface area contributed by atoms with Gasteiger partial charge in [-0.25, -0.2) is 0 Å². The van der Waals surface area contributed by atoms with E-state index in [0.29, 0.717) is 12.2 Å². The third-order valence-corrected chi connectivity index (χ3v) is 4.49. The first kappa shape index (κ1) is 17.1. The van der Waals surface area contributed by atoms with Crippen molar-refractivity contribution in [3.63, 3.8) is 0 Å². The summed E-state index contributed by atoms with van der Waals surface area (Å²) in [6.07, 6.45) is 2.18. The van der Waals surface area contributed by atoms with Crippen LogP contribution in [0.2, 0.25) is 5.02 Å². The summed E-state index contributed by atoms with van der Waals surface area (Å²) in [6.45, 7) is 1.34. The van der Waals surface area contributed by atoms with Gasteiger partial charge < -0.3 is 19.9 Å². The van der Waals surface area contributed by atoms with Crippen LogP contribution in [0.1, 0.15) is 35.8 Å². The molecule has 0 spiro atoms. The molecule has 2 aromatic carbocycles. The highest BCUT2D eigenvalue weighted by Gasteiger charge is 2.13. The molecule has 0 saturated carbocycles. The van der Waals surface area contributed by atoms with Gasteiger partial charge in [0.15, 0.2) is 6.29 Å². The Balaban J connectivity index is 1.88. The lowest BCUT2D eigenvalue weighted by Crippen LogP contribution is -2.06. The second-order valence-corrected chi connectivity index (χ2v) is 6.37. The van der Waals surface area contributed by atoms with E-state index >= 15 is 0 Å². The molecule has 4 nitrogen and oxygen atoms in total. The summed E-state index contributed by atoms with van der Waals surface area (Å²) in [5.41, 5.74) is 3.99. The molecule has 1 heterocycles. The standard InChI is InChI=1S/C19H22ClNO3/c1-23-19(22)14-6-8-18-17(11-14)21-9-3-2-4-13-10-16(20)7-5-15(13)12-24-18/h5-8,10-11,19,21-22H,2-4,9,12H2,1H3. The minimum atomic E-state index is -0.932. The van der Waals surface area contributed by atoms with Crippen LogP contribution in [0.15, 0.2) is 36.4 Å². The van der Waals surface area contributed by atoms with Crippen molar-refractivity contribution in [1.29, 1.82) is 0 Å². The number of hydrogen-bond donors (Lipinski definition) is 2. The average Bonchev–Trinajstić information content (AvgIpc) is 2.63. The lowest BCUT2D eigenvalue weighted by Gasteiger charge is -2.16. The third kappa shape index (κ3) is 4.01. The number of nitrogens with one attached hydrogen (secondary N) is 1. The van der Waals surface area contributed by atoms with E-state index in [-0.39, 0.29) is 0 Å². The second kappa shape index (κ2) is 7.88. The van der Waals surface area contributed by atoms with Crippen LogP contribution in [0, 0.1) is 0 Å². The number of fused-ring (bicyclic) bond motifs is 2. The minimum Gasteiger partial charge on any atom is -0.487 e. The Bertz CT molecular complexity index is 705. The Morgan fingerprint density at radius 3 is 2.88 bits per heavy atom. The summed E-state index contributed by atoms with van der Waals surface area (Å²) in [4.78, 5) is 0. The van der Waals surface area contributed by atoms with E-state index in [1.165, 1.54) is 12.7 Å². The van der Waals surface area contributed by atoms with Gasteiger partial charge in [0.1, 0.15) is 12.4 Å². The highest BCUT2D eigenvalue weighted by Crippen LogP contribution is 2.30. The van der Waals surface area contributed by atoms with Crippen molar-refractivity contribution in [2.24, 2.45) is 0 Å². The molecular formula is C19H22ClNO3. The summed E-state index contributed by atoms with van der Waals surface area (Å²) < 4.78 is 11.0. The first-order valence-electron chi connectivity index (χ1n) is 8.16. The maximum absolute atomic E-state index is 9.86. The van der Waals surface area contributed by atoms with Crippen molar-refractivity contribution in [3.05, 3.63) is 58.1 Å². The van der Waals surface area contributed by atoms with Crippen molar-refractivity contribution >= 4 is 17.3 Å². The van der Waals surface area contributed by atoms with Crippen molar-refractivity contribution in [3.8, 4) is 5.75 Å². The molecule has 0 saturated heterocycles. The van der Waals surface area contributed by atoms with E-state index in [9.17, 15) is 5.11 Å². The van der Waals surface area contributed by atoms with Gasteiger partial charge in [-0.05, 0) is 54.7 Å². The summed E-state index contributed by atoms with van der Waals surface area (Å²) >= 11 is 6.13. The number of aliphatic hydroxyl groups is 1. The lowest BCUT2D eigenvalue weighted by molar-refractivity contribution is -0.0769. The zero-order chi connectivity index (χ0) is 16.9. The van der Waals surface area contributed by atoms with Gasteiger partial charge in [0, 0.05) is 24.2 Å². The van der Waals surface area contributed by atoms with Gasteiger partial charge in [-0.3, -0.25) is 0 Å². The minimum absolute atomic E-state index is 0.493. The van der Waals surface area contributed by atoms with E-state index in [1.54, 1.807) is 0 Å². The Labute approximate surface area is 147 Å². The van der Waals surface area contributed by atoms with Crippen LogP contribution < -0.4 is 10.1 Å². The first-order valence-corrected chi connectivity index (χ1v) is 8.54. The fraction of sp³-hybridized carbons (Fsp3) is 0.368. The fourth-order valence-electron chi connectivity index (χ4n) is 2.89. The molecule has 2 N–H and O–H groups in total. The number of ether oxygens (including phenoxy) is 2. The number of aliphatic hydroxyl groups excluding tert-OH is 1. The summed E-state index contributed by atoms with van der Waals surface area (Å²) in [7, 11) is 1.48. The second-order valence-electron chi connectivity index (χ2n) is 5.93. The molecule has 1 unspecified atom stereocenters. The van der Waals surface area contributed by atoms with Crippen LogP contribution in [0.25, 0.3) is 0 Å². The number of anilines is 1. The SMILES string of the molecule is COC(O)c1ccc2c(c1)NCCCCc1cc(Cl)ccc1CO2. The molecule has 0 aromatic heterocycles. The predicted molar refractivity (Wildman–Crippen MR) is 95.6 cm³/mol. The van der Waals surface area contributed by atoms with Crippen LogP contribution in [0.3, 0.4) is 0 Å². The van der Waals surface area contributed by atoms with E-state index in [2.05, 4.69) is 5.32 Å². The Kier molecular flexibility index (Phi) is 5.61. The van der Waals surface area contributed by atoms with Crippen LogP contribution in [-0.2, 0) is 17.8 Å². The molecule has 0 aliphatic carbocycles. The highest BCUT2D eigenvalue weighted by atomic mass is 35.5. The maximum atomic E-state index is 9.86. The van der Waals surface area contributed by atoms with Crippen molar-refractivity contribution in [1.82, 2.24) is 0 Å². The zero-order valence-electron chi connectivity index (χ0n) is 13.7. The average molecular weight is 348 g/mol. The molecule has 0 radical (unpaired) electrons. The molecule has 24 heavy (non-hydrogen) atoms. The van der Waals surface area contributed by atoms with Crippen LogP contribution >= 0.6 is 11.6 Å². The fourth-order valence-corrected chi connectivity index (χ4v) is 3.08. The lowest BCUT2D eigenvalue weighted by atomic mass is 10.0. The summed E-state index contributed by atoms with van der Waals surface area (Å²) in [5, 5.41) is 14.0. The van der Waals surface area contributed by atoms with Crippen LogP contribution in [-0.4, -0.2) is 18.8 Å². The number of rotatable bonds is 2. The molecule has 1 aliphatic heterocycles. The number of methoxy groups -OCH3 is 1. The Morgan fingerprint density at radius 1 is 1.17 bits per heavy atom. The Morgan fingerprint density at radius 2 is 2.04 bits per heavy atom. The predicted octanol–water partition coefficient (Wildman–Crippen LogP) is 4.30. The number of benzene rings is 2. The smallest absolute Gasteiger partial charge is 0.180 e. The quantitative estimate of drug-likeness (QED) is 0.795. The normalized spacial score (nSPS) is 16.0. The van der Waals surface area contributed by atoms with Crippen molar-refractivity contribution in [2.75, 3.05) is 19.0 Å². The number of aryl methyl sites for hydroxylation is 1. The van der Waals surface area contributed by atoms with Gasteiger partial charge in [-0.15, -0.1) is 0 Å². The Hall–Kier alpha value is -1.75. The molecule has 2 aromatic rings. The molecule has 0 fully saturated rings. The largest absolute Gasteiger partial charge is 0.487 e. The van der Waals surface area contributed by atoms with Crippen molar-refractivity contribution < 1.29 is 14.6 Å². The third-order valence-electron chi connectivity index (χ3n) is 4.25. The molecule has 0 bridgehead atoms. The first-order chi connectivity index (χ1) is 11.7. The molecule has 0 amide bonds. The molecular weight excluding hydrogens is 326 g/mol. The van der Waals surface area contributed by atoms with Gasteiger partial charge >= 0.3 is 0 Å². The topological polar surface area (TPSA) is 50.7 Å². The monoisotopic (exact) mass is 347 g/mol. The van der Waals surface area contributed by atoms with Gasteiger partial charge in [0.25, 0.3) is 0 Å².